The maximum absolute atomic E-state index is 5.58. The maximum atomic E-state index is 5.58. The molecule has 8 heteroatoms. The quantitative estimate of drug-likeness (QED) is 0.355. The first-order valence-corrected chi connectivity index (χ1v) is 10.4. The van der Waals surface area contributed by atoms with E-state index in [0.29, 0.717) is 13.2 Å². The topological polar surface area (TPSA) is 18.5 Å². The van der Waals surface area contributed by atoms with E-state index in [2.05, 4.69) is 15.9 Å². The van der Waals surface area contributed by atoms with Crippen LogP contribution in [0, 0.1) is 0 Å². The Morgan fingerprint density at radius 3 is 2.00 bits per heavy atom. The van der Waals surface area contributed by atoms with E-state index in [1.54, 1.807) is 23.9 Å². The van der Waals surface area contributed by atoms with Gasteiger partial charge in [-0.2, -0.15) is 0 Å². The summed E-state index contributed by atoms with van der Waals surface area (Å²) < 4.78 is 12.3. The van der Waals surface area contributed by atoms with Crippen molar-refractivity contribution in [1.82, 2.24) is 0 Å². The van der Waals surface area contributed by atoms with Gasteiger partial charge >= 0.3 is 0 Å². The Morgan fingerprint density at radius 1 is 0.846 bits per heavy atom. The molecule has 0 unspecified atom stereocenters. The predicted octanol–water partition coefficient (Wildman–Crippen LogP) is 8.00. The number of hydrogen-bond donors (Lipinski definition) is 0. The molecule has 2 aromatic carbocycles. The molecule has 0 aliphatic carbocycles. The van der Waals surface area contributed by atoms with Crippen LogP contribution in [0.5, 0.6) is 11.5 Å². The molecule has 0 fully saturated rings. The van der Waals surface area contributed by atoms with Gasteiger partial charge in [-0.3, -0.25) is 0 Å². The summed E-state index contributed by atoms with van der Waals surface area (Å²) >= 11 is 27.3. The smallest absolute Gasteiger partial charge is 0.134 e. The van der Waals surface area contributed by atoms with Gasteiger partial charge in [0.05, 0.1) is 4.47 Å². The Kier molecular flexibility index (Phi) is 9.54. The number of rotatable bonds is 8. The second-order valence-corrected chi connectivity index (χ2v) is 8.79. The van der Waals surface area contributed by atoms with Crippen molar-refractivity contribution in [3.05, 3.63) is 68.1 Å². The molecule has 0 atom stereocenters. The van der Waals surface area contributed by atoms with Crippen molar-refractivity contribution in [3.8, 4) is 11.5 Å². The Balaban J connectivity index is 1.94. The third-order valence-electron chi connectivity index (χ3n) is 2.93. The molecule has 0 aliphatic heterocycles. The molecule has 0 radical (unpaired) electrons. The normalized spacial score (nSPS) is 10.2. The second-order valence-electron chi connectivity index (χ2n) is 4.78. The summed E-state index contributed by atoms with van der Waals surface area (Å²) in [5.41, 5.74) is 0. The first-order valence-electron chi connectivity index (χ1n) is 7.29. The van der Waals surface area contributed by atoms with Crippen LogP contribution in [0.1, 0.15) is 0 Å². The third-order valence-corrected chi connectivity index (χ3v) is 5.16. The summed E-state index contributed by atoms with van der Waals surface area (Å²) in [5, 5.41) is 0. The molecule has 0 saturated carbocycles. The Labute approximate surface area is 185 Å². The zero-order chi connectivity index (χ0) is 18.9. The van der Waals surface area contributed by atoms with Gasteiger partial charge in [0, 0.05) is 9.79 Å². The minimum absolute atomic E-state index is 0.183. The van der Waals surface area contributed by atoms with Crippen LogP contribution in [0.2, 0.25) is 0 Å². The molecular weight excluding hydrogens is 502 g/mol. The lowest BCUT2D eigenvalue weighted by Gasteiger charge is -2.09. The van der Waals surface area contributed by atoms with Gasteiger partial charge in [0.2, 0.25) is 0 Å². The van der Waals surface area contributed by atoms with Gasteiger partial charge in [-0.25, -0.2) is 0 Å². The van der Waals surface area contributed by atoms with Crippen LogP contribution >= 0.6 is 74.1 Å². The number of hydrogen-bond acceptors (Lipinski definition) is 3. The zero-order valence-electron chi connectivity index (χ0n) is 13.2. The summed E-state index contributed by atoms with van der Waals surface area (Å²) in [6.45, 7) is 0.631. The monoisotopic (exact) mass is 512 g/mol. The van der Waals surface area contributed by atoms with Crippen LogP contribution in [-0.2, 0) is 0 Å². The standard InChI is InChI=1S/C18H13BrCl4O2S/c19-15-11-14(5-6-16(15)25-10-8-18(22)23)26-13-3-1-12(2-4-13)24-9-7-17(20)21/h1-8,11H,9-10H2. The molecule has 0 bridgehead atoms. The first-order chi connectivity index (χ1) is 12.4. The average molecular weight is 515 g/mol. The van der Waals surface area contributed by atoms with Crippen molar-refractivity contribution in [2.24, 2.45) is 0 Å². The summed E-state index contributed by atoms with van der Waals surface area (Å²) in [5.74, 6) is 1.46. The fourth-order valence-corrected chi connectivity index (χ4v) is 3.55. The van der Waals surface area contributed by atoms with Gasteiger partial charge in [-0.05, 0) is 70.5 Å². The van der Waals surface area contributed by atoms with Crippen molar-refractivity contribution < 1.29 is 9.47 Å². The van der Waals surface area contributed by atoms with E-state index in [-0.39, 0.29) is 8.98 Å². The van der Waals surface area contributed by atoms with E-state index in [1.165, 1.54) is 0 Å². The molecule has 2 aromatic rings. The van der Waals surface area contributed by atoms with Gasteiger partial charge in [0.1, 0.15) is 33.7 Å². The molecule has 0 heterocycles. The van der Waals surface area contributed by atoms with Crippen molar-refractivity contribution in [1.29, 1.82) is 0 Å². The van der Waals surface area contributed by atoms with Crippen molar-refractivity contribution in [3.63, 3.8) is 0 Å². The van der Waals surface area contributed by atoms with Crippen LogP contribution < -0.4 is 9.47 Å². The minimum atomic E-state index is 0.183. The molecule has 0 aliphatic rings. The maximum Gasteiger partial charge on any atom is 0.134 e. The number of benzene rings is 2. The molecule has 0 spiro atoms. The van der Waals surface area contributed by atoms with Gasteiger partial charge in [-0.1, -0.05) is 58.2 Å². The Bertz CT molecular complexity index is 786. The first kappa shape index (κ1) is 21.8. The highest BCUT2D eigenvalue weighted by molar-refractivity contribution is 9.10. The van der Waals surface area contributed by atoms with Crippen LogP contribution in [0.4, 0.5) is 0 Å². The summed E-state index contributed by atoms with van der Waals surface area (Å²) in [7, 11) is 0. The van der Waals surface area contributed by atoms with E-state index in [0.717, 1.165) is 25.8 Å². The minimum Gasteiger partial charge on any atom is -0.489 e. The molecule has 0 N–H and O–H groups in total. The number of ether oxygens (including phenoxy) is 2. The SMILES string of the molecule is ClC(Cl)=CCOc1ccc(Sc2ccc(OCC=C(Cl)Cl)c(Br)c2)cc1. The molecule has 138 valence electrons. The van der Waals surface area contributed by atoms with Crippen LogP contribution in [0.25, 0.3) is 0 Å². The Hall–Kier alpha value is -0.490. The van der Waals surface area contributed by atoms with Crippen molar-refractivity contribution in [2.75, 3.05) is 13.2 Å². The second kappa shape index (κ2) is 11.4. The van der Waals surface area contributed by atoms with Gasteiger partial charge in [0.25, 0.3) is 0 Å². The van der Waals surface area contributed by atoms with Crippen LogP contribution in [0.3, 0.4) is 0 Å². The zero-order valence-corrected chi connectivity index (χ0v) is 18.7. The summed E-state index contributed by atoms with van der Waals surface area (Å²) in [4.78, 5) is 2.15. The highest BCUT2D eigenvalue weighted by atomic mass is 79.9. The van der Waals surface area contributed by atoms with Crippen LogP contribution in [0.15, 0.2) is 77.9 Å². The summed E-state index contributed by atoms with van der Waals surface area (Å²) in [6, 6.07) is 13.6. The third kappa shape index (κ3) is 8.03. The molecule has 2 rings (SSSR count). The van der Waals surface area contributed by atoms with Gasteiger partial charge < -0.3 is 9.47 Å². The van der Waals surface area contributed by atoms with E-state index < -0.39 is 0 Å². The van der Waals surface area contributed by atoms with Crippen LogP contribution in [-0.4, -0.2) is 13.2 Å². The van der Waals surface area contributed by atoms with E-state index >= 15 is 0 Å². The average Bonchev–Trinajstić information content (AvgIpc) is 2.58. The largest absolute Gasteiger partial charge is 0.489 e. The van der Waals surface area contributed by atoms with Gasteiger partial charge in [0.15, 0.2) is 0 Å². The predicted molar refractivity (Wildman–Crippen MR) is 115 cm³/mol. The molecule has 0 saturated heterocycles. The fraction of sp³-hybridized carbons (Fsp3) is 0.111. The lowest BCUT2D eigenvalue weighted by Crippen LogP contribution is -1.94. The van der Waals surface area contributed by atoms with E-state index in [1.807, 2.05) is 42.5 Å². The highest BCUT2D eigenvalue weighted by Crippen LogP contribution is 2.34. The fourth-order valence-electron chi connectivity index (χ4n) is 1.80. The highest BCUT2D eigenvalue weighted by Gasteiger charge is 2.05. The molecule has 0 aromatic heterocycles. The van der Waals surface area contributed by atoms with Gasteiger partial charge in [-0.15, -0.1) is 0 Å². The lowest BCUT2D eigenvalue weighted by molar-refractivity contribution is 0.360. The van der Waals surface area contributed by atoms with E-state index in [9.17, 15) is 0 Å². The summed E-state index contributed by atoms with van der Waals surface area (Å²) in [6.07, 6.45) is 3.17. The Morgan fingerprint density at radius 2 is 1.42 bits per heavy atom. The number of halogens is 5. The molecular formula is C18H13BrCl4O2S. The van der Waals surface area contributed by atoms with Crippen molar-refractivity contribution >= 4 is 74.1 Å². The van der Waals surface area contributed by atoms with E-state index in [4.69, 9.17) is 55.9 Å². The molecule has 26 heavy (non-hydrogen) atoms. The molecule has 0 amide bonds. The molecule has 2 nitrogen and oxygen atoms in total. The van der Waals surface area contributed by atoms with Crippen molar-refractivity contribution in [2.45, 2.75) is 9.79 Å². The lowest BCUT2D eigenvalue weighted by atomic mass is 10.3.